The van der Waals surface area contributed by atoms with E-state index < -0.39 is 5.91 Å². The molecule has 4 heteroatoms. The summed E-state index contributed by atoms with van der Waals surface area (Å²) in [4.78, 5) is 17.1. The summed E-state index contributed by atoms with van der Waals surface area (Å²) in [6.07, 6.45) is 4.60. The molecule has 25 heavy (non-hydrogen) atoms. The number of nitrogens with zero attached hydrogens (tertiary/aromatic N) is 1. The summed E-state index contributed by atoms with van der Waals surface area (Å²) < 4.78 is 0. The van der Waals surface area contributed by atoms with Crippen LogP contribution in [0.2, 0.25) is 0 Å². The van der Waals surface area contributed by atoms with Crippen molar-refractivity contribution in [3.05, 3.63) is 59.8 Å². The number of nitrogens with one attached hydrogen (secondary N) is 1. The van der Waals surface area contributed by atoms with Gasteiger partial charge in [-0.2, -0.15) is 0 Å². The summed E-state index contributed by atoms with van der Waals surface area (Å²) in [6, 6.07) is 14.0. The Bertz CT molecular complexity index is 903. The smallest absolute Gasteiger partial charge is 0.248 e. The maximum atomic E-state index is 11.2. The van der Waals surface area contributed by atoms with Crippen LogP contribution in [0.25, 0.3) is 22.0 Å². The number of H-pyrrole nitrogens is 1. The van der Waals surface area contributed by atoms with E-state index in [1.807, 2.05) is 12.1 Å². The zero-order valence-electron chi connectivity index (χ0n) is 14.5. The van der Waals surface area contributed by atoms with Crippen molar-refractivity contribution < 1.29 is 4.79 Å². The Morgan fingerprint density at radius 3 is 2.44 bits per heavy atom. The lowest BCUT2D eigenvalue weighted by Crippen LogP contribution is -2.29. The van der Waals surface area contributed by atoms with Gasteiger partial charge >= 0.3 is 0 Å². The Balaban J connectivity index is 1.69. The second-order valence-corrected chi connectivity index (χ2v) is 7.02. The second kappa shape index (κ2) is 6.37. The van der Waals surface area contributed by atoms with Gasteiger partial charge in [0.2, 0.25) is 5.91 Å². The summed E-state index contributed by atoms with van der Waals surface area (Å²) in [6.45, 7) is 2.32. The summed E-state index contributed by atoms with van der Waals surface area (Å²) in [5.41, 5.74) is 10.7. The molecule has 0 saturated carbocycles. The van der Waals surface area contributed by atoms with Crippen LogP contribution in [0, 0.1) is 0 Å². The third-order valence-electron chi connectivity index (χ3n) is 5.37. The van der Waals surface area contributed by atoms with E-state index in [0.717, 1.165) is 24.2 Å². The fourth-order valence-electron chi connectivity index (χ4n) is 3.81. The molecule has 0 unspecified atom stereocenters. The van der Waals surface area contributed by atoms with Crippen molar-refractivity contribution >= 4 is 16.8 Å². The lowest BCUT2D eigenvalue weighted by Gasteiger charge is -2.28. The molecule has 1 saturated heterocycles. The minimum atomic E-state index is -0.391. The van der Waals surface area contributed by atoms with Crippen LogP contribution < -0.4 is 5.73 Å². The highest BCUT2D eigenvalue weighted by Gasteiger charge is 2.21. The second-order valence-electron chi connectivity index (χ2n) is 7.02. The molecule has 1 amide bonds. The van der Waals surface area contributed by atoms with E-state index in [4.69, 9.17) is 5.73 Å². The van der Waals surface area contributed by atoms with Gasteiger partial charge in [-0.15, -0.1) is 0 Å². The summed E-state index contributed by atoms with van der Waals surface area (Å²) in [5.74, 6) is 0.231. The number of aromatic amines is 1. The molecule has 1 aromatic heterocycles. The van der Waals surface area contributed by atoms with Crippen LogP contribution in [0.1, 0.15) is 34.7 Å². The van der Waals surface area contributed by atoms with Crippen molar-refractivity contribution in [1.82, 2.24) is 9.88 Å². The number of nitrogens with two attached hydrogens (primary N) is 1. The van der Waals surface area contributed by atoms with E-state index in [2.05, 4.69) is 41.3 Å². The molecule has 4 nitrogen and oxygen atoms in total. The van der Waals surface area contributed by atoms with Gasteiger partial charge in [-0.3, -0.25) is 4.79 Å². The lowest BCUT2D eigenvalue weighted by molar-refractivity contribution is 0.100. The molecule has 0 atom stereocenters. The minimum absolute atomic E-state index is 0.391. The van der Waals surface area contributed by atoms with Gasteiger partial charge in [-0.05, 0) is 79.9 Å². The van der Waals surface area contributed by atoms with Crippen molar-refractivity contribution in [2.75, 3.05) is 20.1 Å². The highest BCUT2D eigenvalue weighted by atomic mass is 16.1. The predicted octanol–water partition coefficient (Wildman–Crippen LogP) is 3.74. The third-order valence-corrected chi connectivity index (χ3v) is 5.37. The fourth-order valence-corrected chi connectivity index (χ4v) is 3.81. The van der Waals surface area contributed by atoms with Gasteiger partial charge in [-0.25, -0.2) is 0 Å². The third kappa shape index (κ3) is 3.05. The van der Waals surface area contributed by atoms with Crippen LogP contribution in [0.15, 0.2) is 48.7 Å². The van der Waals surface area contributed by atoms with Crippen molar-refractivity contribution in [1.29, 1.82) is 0 Å². The molecule has 0 radical (unpaired) electrons. The van der Waals surface area contributed by atoms with E-state index in [0.29, 0.717) is 11.5 Å². The van der Waals surface area contributed by atoms with E-state index in [1.54, 1.807) is 12.1 Å². The van der Waals surface area contributed by atoms with Crippen LogP contribution >= 0.6 is 0 Å². The maximum Gasteiger partial charge on any atom is 0.248 e. The fraction of sp³-hybridized carbons (Fsp3) is 0.286. The Morgan fingerprint density at radius 2 is 1.76 bits per heavy atom. The number of fused-ring (bicyclic) bond motifs is 1. The normalized spacial score (nSPS) is 16.4. The average molecular weight is 333 g/mol. The van der Waals surface area contributed by atoms with Gasteiger partial charge < -0.3 is 15.6 Å². The maximum absolute atomic E-state index is 11.2. The lowest BCUT2D eigenvalue weighted by atomic mass is 9.88. The number of piperidine rings is 1. The number of aromatic nitrogens is 1. The van der Waals surface area contributed by atoms with Crippen LogP contribution in [-0.4, -0.2) is 35.9 Å². The standard InChI is InChI=1S/C21H23N3O/c1-24-10-8-15(9-11-24)19-13-23-20-7-6-17(12-18(19)20)14-2-4-16(5-3-14)21(22)25/h2-7,12-13,15,23H,8-11H2,1H3,(H2,22,25). The van der Waals surface area contributed by atoms with Crippen LogP contribution in [-0.2, 0) is 0 Å². The minimum Gasteiger partial charge on any atom is -0.366 e. The quantitative estimate of drug-likeness (QED) is 0.767. The molecule has 1 fully saturated rings. The number of carbonyl (C=O) groups is 1. The monoisotopic (exact) mass is 333 g/mol. The first-order chi connectivity index (χ1) is 12.1. The zero-order valence-corrected chi connectivity index (χ0v) is 14.5. The molecular weight excluding hydrogens is 310 g/mol. The molecule has 0 spiro atoms. The van der Waals surface area contributed by atoms with Gasteiger partial charge in [0.05, 0.1) is 0 Å². The number of benzene rings is 2. The first-order valence-corrected chi connectivity index (χ1v) is 8.81. The van der Waals surface area contributed by atoms with Crippen molar-refractivity contribution in [3.63, 3.8) is 0 Å². The first-order valence-electron chi connectivity index (χ1n) is 8.81. The molecule has 4 rings (SSSR count). The molecule has 0 aliphatic carbocycles. The number of hydrogen-bond donors (Lipinski definition) is 2. The first kappa shape index (κ1) is 15.9. The molecular formula is C21H23N3O. The molecule has 2 aromatic carbocycles. The van der Waals surface area contributed by atoms with Crippen LogP contribution in [0.5, 0.6) is 0 Å². The number of amides is 1. The van der Waals surface area contributed by atoms with Gasteiger partial charge in [0.25, 0.3) is 0 Å². The Labute approximate surface area is 147 Å². The summed E-state index contributed by atoms with van der Waals surface area (Å²) in [5, 5.41) is 1.31. The Hall–Kier alpha value is -2.59. The summed E-state index contributed by atoms with van der Waals surface area (Å²) >= 11 is 0. The van der Waals surface area contributed by atoms with E-state index in [1.165, 1.54) is 29.3 Å². The number of rotatable bonds is 3. The SMILES string of the molecule is CN1CCC(c2c[nH]c3ccc(-c4ccc(C(N)=O)cc4)cc23)CC1. The van der Waals surface area contributed by atoms with Gasteiger partial charge in [0.15, 0.2) is 0 Å². The highest BCUT2D eigenvalue weighted by Crippen LogP contribution is 2.34. The molecule has 1 aliphatic heterocycles. The Morgan fingerprint density at radius 1 is 1.08 bits per heavy atom. The summed E-state index contributed by atoms with van der Waals surface area (Å²) in [7, 11) is 2.19. The van der Waals surface area contributed by atoms with Crippen molar-refractivity contribution in [3.8, 4) is 11.1 Å². The van der Waals surface area contributed by atoms with Crippen molar-refractivity contribution in [2.24, 2.45) is 5.73 Å². The molecule has 2 heterocycles. The van der Waals surface area contributed by atoms with Gasteiger partial charge in [0, 0.05) is 22.7 Å². The van der Waals surface area contributed by atoms with E-state index >= 15 is 0 Å². The molecule has 3 aromatic rings. The van der Waals surface area contributed by atoms with E-state index in [-0.39, 0.29) is 0 Å². The highest BCUT2D eigenvalue weighted by molar-refractivity contribution is 5.93. The largest absolute Gasteiger partial charge is 0.366 e. The molecule has 0 bridgehead atoms. The zero-order chi connectivity index (χ0) is 17.4. The van der Waals surface area contributed by atoms with E-state index in [9.17, 15) is 4.79 Å². The van der Waals surface area contributed by atoms with Gasteiger partial charge in [-0.1, -0.05) is 18.2 Å². The van der Waals surface area contributed by atoms with Crippen molar-refractivity contribution in [2.45, 2.75) is 18.8 Å². The number of hydrogen-bond acceptors (Lipinski definition) is 2. The molecule has 128 valence electrons. The number of primary amides is 1. The molecule has 1 aliphatic rings. The van der Waals surface area contributed by atoms with Crippen LogP contribution in [0.3, 0.4) is 0 Å². The number of likely N-dealkylation sites (tertiary alicyclic amines) is 1. The Kier molecular flexibility index (Phi) is 4.06. The predicted molar refractivity (Wildman–Crippen MR) is 102 cm³/mol. The number of carbonyl (C=O) groups excluding carboxylic acids is 1. The van der Waals surface area contributed by atoms with Crippen LogP contribution in [0.4, 0.5) is 0 Å². The van der Waals surface area contributed by atoms with Gasteiger partial charge in [0.1, 0.15) is 0 Å². The average Bonchev–Trinajstić information content (AvgIpc) is 3.05. The molecule has 3 N–H and O–H groups in total. The topological polar surface area (TPSA) is 62.1 Å².